The summed E-state index contributed by atoms with van der Waals surface area (Å²) < 4.78 is 7.06. The Labute approximate surface area is 267 Å². The first kappa shape index (κ1) is 32.6. The van der Waals surface area contributed by atoms with Gasteiger partial charge in [0.05, 0.1) is 30.1 Å². The minimum atomic E-state index is -1.21. The lowest BCUT2D eigenvalue weighted by molar-refractivity contribution is -0.157. The fourth-order valence-corrected chi connectivity index (χ4v) is 8.26. The molecule has 3 heterocycles. The molecule has 7 atom stereocenters. The van der Waals surface area contributed by atoms with E-state index in [1.165, 1.54) is 0 Å². The van der Waals surface area contributed by atoms with E-state index in [2.05, 4.69) is 20.1 Å². The van der Waals surface area contributed by atoms with Gasteiger partial charge in [-0.3, -0.25) is 14.4 Å². The van der Waals surface area contributed by atoms with Crippen molar-refractivity contribution in [3.05, 3.63) is 91.5 Å². The second-order valence-corrected chi connectivity index (χ2v) is 12.7. The highest BCUT2D eigenvalue weighted by atomic mass is 16.5. The van der Waals surface area contributed by atoms with Crippen LogP contribution in [0.15, 0.2) is 86.0 Å². The van der Waals surface area contributed by atoms with Crippen molar-refractivity contribution in [3.8, 4) is 0 Å². The number of para-hydroxylation sites is 1. The first-order valence-electron chi connectivity index (χ1n) is 16.3. The highest BCUT2D eigenvalue weighted by Crippen LogP contribution is 2.65. The maximum atomic E-state index is 15.0. The maximum Gasteiger partial charge on any atom is 0.248 e. The molecule has 3 saturated heterocycles. The zero-order valence-corrected chi connectivity index (χ0v) is 26.8. The van der Waals surface area contributed by atoms with Crippen molar-refractivity contribution in [1.29, 1.82) is 0 Å². The van der Waals surface area contributed by atoms with Gasteiger partial charge in [0.2, 0.25) is 17.7 Å². The van der Waals surface area contributed by atoms with Gasteiger partial charge in [0.15, 0.2) is 0 Å². The van der Waals surface area contributed by atoms with Crippen molar-refractivity contribution in [1.82, 2.24) is 9.80 Å². The lowest BCUT2D eigenvalue weighted by Crippen LogP contribution is -2.58. The molecule has 8 nitrogen and oxygen atoms in total. The number of ether oxygens (including phenoxy) is 1. The predicted octanol–water partition coefficient (Wildman–Crippen LogP) is 5.30. The van der Waals surface area contributed by atoms with Crippen molar-refractivity contribution >= 4 is 23.4 Å². The molecule has 2 bridgehead atoms. The minimum absolute atomic E-state index is 0.102. The molecule has 3 aliphatic rings. The number of carbonyl (C=O) groups excluding carboxylic acids is 3. The summed E-state index contributed by atoms with van der Waals surface area (Å²) in [5, 5.41) is 10.8. The van der Waals surface area contributed by atoms with E-state index in [4.69, 9.17) is 4.74 Å². The number of benzene rings is 2. The smallest absolute Gasteiger partial charge is 0.248 e. The fourth-order valence-electron chi connectivity index (χ4n) is 8.26. The summed E-state index contributed by atoms with van der Waals surface area (Å²) >= 11 is 0. The zero-order chi connectivity index (χ0) is 32.4. The van der Waals surface area contributed by atoms with Crippen molar-refractivity contribution in [3.63, 3.8) is 0 Å². The van der Waals surface area contributed by atoms with E-state index >= 15 is 0 Å². The molecule has 0 radical (unpaired) electrons. The maximum absolute atomic E-state index is 15.0. The van der Waals surface area contributed by atoms with Gasteiger partial charge >= 0.3 is 0 Å². The van der Waals surface area contributed by atoms with Crippen LogP contribution in [0.3, 0.4) is 0 Å². The Morgan fingerprint density at radius 1 is 1.02 bits per heavy atom. The van der Waals surface area contributed by atoms with Gasteiger partial charge in [0.25, 0.3) is 0 Å². The van der Waals surface area contributed by atoms with Gasteiger partial charge in [-0.05, 0) is 50.3 Å². The van der Waals surface area contributed by atoms with E-state index in [0.717, 1.165) is 18.4 Å². The van der Waals surface area contributed by atoms with Crippen LogP contribution in [0.1, 0.15) is 64.5 Å². The van der Waals surface area contributed by atoms with E-state index in [9.17, 15) is 19.5 Å². The molecular formula is C37H47N3O5. The van der Waals surface area contributed by atoms with Gasteiger partial charge in [-0.15, -0.1) is 13.2 Å². The number of likely N-dealkylation sites (tertiary alicyclic amines) is 1. The summed E-state index contributed by atoms with van der Waals surface area (Å²) in [5.74, 6) is -2.45. The standard InChI is InChI=1S/C37H47N3O5/c1-6-16-26(5)38(23-7-2)35(44)32-37-22-21-36(9-4,45-37)30(33(42)39(24-8-3)28-19-14-11-15-20-28)31(37)34(43)40(32)29(25-41)27-17-12-10-13-18-27/h7-8,10-15,17-20,26,29-32,41H,2-3,6,9,16,21-25H2,1,4-5H3/t26?,29-,30+,31+,32?,36-,37?/m1/s1. The van der Waals surface area contributed by atoms with Gasteiger partial charge in [-0.25, -0.2) is 0 Å². The van der Waals surface area contributed by atoms with Crippen LogP contribution >= 0.6 is 0 Å². The number of rotatable bonds is 14. The quantitative estimate of drug-likeness (QED) is 0.292. The second kappa shape index (κ2) is 13.3. The minimum Gasteiger partial charge on any atom is -0.394 e. The number of nitrogens with zero attached hydrogens (tertiary/aromatic N) is 3. The van der Waals surface area contributed by atoms with Gasteiger partial charge < -0.3 is 24.5 Å². The number of hydrogen-bond donors (Lipinski definition) is 1. The summed E-state index contributed by atoms with van der Waals surface area (Å²) in [5.41, 5.74) is -0.673. The molecule has 45 heavy (non-hydrogen) atoms. The first-order valence-corrected chi connectivity index (χ1v) is 16.3. The predicted molar refractivity (Wildman–Crippen MR) is 175 cm³/mol. The number of aliphatic hydroxyl groups excluding tert-OH is 1. The Balaban J connectivity index is 1.67. The van der Waals surface area contributed by atoms with Gasteiger partial charge in [0.1, 0.15) is 11.6 Å². The molecule has 2 aromatic carbocycles. The Bertz CT molecular complexity index is 1400. The molecule has 0 aliphatic carbocycles. The number of anilines is 1. The Morgan fingerprint density at radius 3 is 2.24 bits per heavy atom. The van der Waals surface area contributed by atoms with Crippen LogP contribution in [-0.4, -0.2) is 75.6 Å². The van der Waals surface area contributed by atoms with Crippen LogP contribution in [0.5, 0.6) is 0 Å². The molecule has 3 amide bonds. The third-order valence-corrected chi connectivity index (χ3v) is 10.3. The van der Waals surface area contributed by atoms with Crippen molar-refractivity contribution in [2.24, 2.45) is 11.8 Å². The number of hydrogen-bond acceptors (Lipinski definition) is 5. The monoisotopic (exact) mass is 613 g/mol. The molecule has 3 aliphatic heterocycles. The highest BCUT2D eigenvalue weighted by molar-refractivity contribution is 6.03. The molecule has 5 rings (SSSR count). The van der Waals surface area contributed by atoms with Crippen molar-refractivity contribution < 1.29 is 24.2 Å². The van der Waals surface area contributed by atoms with Crippen molar-refractivity contribution in [2.75, 3.05) is 24.6 Å². The van der Waals surface area contributed by atoms with Crippen molar-refractivity contribution in [2.45, 2.75) is 82.2 Å². The van der Waals surface area contributed by atoms with Crippen LogP contribution < -0.4 is 4.90 Å². The van der Waals surface area contributed by atoms with E-state index in [1.54, 1.807) is 26.9 Å². The van der Waals surface area contributed by atoms with Crippen LogP contribution in [-0.2, 0) is 19.1 Å². The average Bonchev–Trinajstić information content (AvgIpc) is 3.67. The van der Waals surface area contributed by atoms with Gasteiger partial charge in [-0.1, -0.05) is 81.0 Å². The topological polar surface area (TPSA) is 90.4 Å². The van der Waals surface area contributed by atoms with Crippen LogP contribution in [0.25, 0.3) is 0 Å². The Morgan fingerprint density at radius 2 is 1.67 bits per heavy atom. The van der Waals surface area contributed by atoms with Crippen LogP contribution in [0.2, 0.25) is 0 Å². The third kappa shape index (κ3) is 5.32. The summed E-state index contributed by atoms with van der Waals surface area (Å²) in [6.45, 7) is 14.1. The Hall–Kier alpha value is -3.75. The number of fused-ring (bicyclic) bond motifs is 1. The number of aliphatic hydroxyl groups is 1. The van der Waals surface area contributed by atoms with E-state index < -0.39 is 35.1 Å². The SMILES string of the molecule is C=CCN(C(=O)[C@@H]1[C@H]2C(=O)N([C@H](CO)c3ccccc3)C(C(=O)N(CC=C)C(C)CCC)C23CC[C@@]1(CC)O3)c1ccccc1. The largest absolute Gasteiger partial charge is 0.394 e. The molecule has 2 aromatic rings. The second-order valence-electron chi connectivity index (χ2n) is 12.7. The highest BCUT2D eigenvalue weighted by Gasteiger charge is 2.79. The average molecular weight is 614 g/mol. The molecule has 8 heteroatoms. The molecule has 3 fully saturated rings. The lowest BCUT2D eigenvalue weighted by Gasteiger charge is -2.41. The van der Waals surface area contributed by atoms with Crippen LogP contribution in [0, 0.1) is 11.8 Å². The summed E-state index contributed by atoms with van der Waals surface area (Å²) in [6, 6.07) is 16.8. The van der Waals surface area contributed by atoms with Crippen LogP contribution in [0.4, 0.5) is 5.69 Å². The lowest BCUT2D eigenvalue weighted by atomic mass is 9.64. The normalized spacial score (nSPS) is 28.0. The molecule has 0 aromatic heterocycles. The summed E-state index contributed by atoms with van der Waals surface area (Å²) in [4.78, 5) is 49.7. The third-order valence-electron chi connectivity index (χ3n) is 10.3. The van der Waals surface area contributed by atoms with E-state index in [-0.39, 0.29) is 36.9 Å². The molecule has 1 spiro atoms. The molecule has 240 valence electrons. The first-order chi connectivity index (χ1) is 21.7. The molecule has 3 unspecified atom stereocenters. The fraction of sp³-hybridized carbons (Fsp3) is 0.486. The van der Waals surface area contributed by atoms with E-state index in [1.807, 2.05) is 74.5 Å². The van der Waals surface area contributed by atoms with Gasteiger partial charge in [0, 0.05) is 24.8 Å². The molecule has 0 saturated carbocycles. The molecule has 1 N–H and O–H groups in total. The number of carbonyl (C=O) groups is 3. The number of amides is 3. The Kier molecular flexibility index (Phi) is 9.65. The van der Waals surface area contributed by atoms with Gasteiger partial charge in [-0.2, -0.15) is 0 Å². The summed E-state index contributed by atoms with van der Waals surface area (Å²) in [7, 11) is 0. The summed E-state index contributed by atoms with van der Waals surface area (Å²) in [6.07, 6.45) is 6.61. The molecular weight excluding hydrogens is 566 g/mol. The zero-order valence-electron chi connectivity index (χ0n) is 26.8. The van der Waals surface area contributed by atoms with E-state index in [0.29, 0.717) is 31.5 Å².